The Labute approximate surface area is 109 Å². The SMILES string of the molecule is CCS(=O)(=O)CCCn1nccc1CNC(C)C. The Bertz CT molecular complexity index is 452. The molecule has 0 amide bonds. The van der Waals surface area contributed by atoms with Crippen LogP contribution in [0, 0.1) is 0 Å². The number of aromatic nitrogens is 2. The average molecular weight is 273 g/mol. The van der Waals surface area contributed by atoms with Crippen molar-refractivity contribution in [2.45, 2.75) is 46.3 Å². The molecule has 0 atom stereocenters. The largest absolute Gasteiger partial charge is 0.309 e. The first kappa shape index (κ1) is 15.2. The minimum atomic E-state index is -2.87. The van der Waals surface area contributed by atoms with Crippen molar-refractivity contribution in [2.24, 2.45) is 0 Å². The van der Waals surface area contributed by atoms with E-state index in [2.05, 4.69) is 24.3 Å². The Morgan fingerprint density at radius 1 is 1.44 bits per heavy atom. The van der Waals surface area contributed by atoms with Crippen molar-refractivity contribution in [3.05, 3.63) is 18.0 Å². The molecule has 0 spiro atoms. The molecule has 0 fully saturated rings. The van der Waals surface area contributed by atoms with E-state index in [0.29, 0.717) is 19.0 Å². The fourth-order valence-electron chi connectivity index (χ4n) is 1.60. The molecule has 0 unspecified atom stereocenters. The Morgan fingerprint density at radius 3 is 2.78 bits per heavy atom. The molecule has 0 saturated heterocycles. The zero-order valence-electron chi connectivity index (χ0n) is 11.4. The molecule has 0 saturated carbocycles. The van der Waals surface area contributed by atoms with Crippen LogP contribution in [0.1, 0.15) is 32.9 Å². The normalized spacial score (nSPS) is 12.2. The second kappa shape index (κ2) is 6.89. The van der Waals surface area contributed by atoms with E-state index in [1.807, 2.05) is 10.7 Å². The summed E-state index contributed by atoms with van der Waals surface area (Å²) in [7, 11) is -2.87. The van der Waals surface area contributed by atoms with Crippen LogP contribution in [0.2, 0.25) is 0 Å². The van der Waals surface area contributed by atoms with Gasteiger partial charge in [0, 0.05) is 31.1 Å². The van der Waals surface area contributed by atoms with E-state index in [9.17, 15) is 8.42 Å². The first-order valence-corrected chi connectivity index (χ1v) is 8.21. The van der Waals surface area contributed by atoms with Gasteiger partial charge >= 0.3 is 0 Å². The molecule has 18 heavy (non-hydrogen) atoms. The molecule has 0 aromatic carbocycles. The monoisotopic (exact) mass is 273 g/mol. The predicted molar refractivity (Wildman–Crippen MR) is 73.1 cm³/mol. The zero-order valence-corrected chi connectivity index (χ0v) is 12.2. The van der Waals surface area contributed by atoms with Crippen molar-refractivity contribution in [1.29, 1.82) is 0 Å². The lowest BCUT2D eigenvalue weighted by atomic mass is 10.3. The zero-order chi connectivity index (χ0) is 13.6. The van der Waals surface area contributed by atoms with Crippen LogP contribution >= 0.6 is 0 Å². The lowest BCUT2D eigenvalue weighted by molar-refractivity contribution is 0.521. The van der Waals surface area contributed by atoms with E-state index >= 15 is 0 Å². The summed E-state index contributed by atoms with van der Waals surface area (Å²) >= 11 is 0. The van der Waals surface area contributed by atoms with Gasteiger partial charge in [0.25, 0.3) is 0 Å². The van der Waals surface area contributed by atoms with E-state index < -0.39 is 9.84 Å². The van der Waals surface area contributed by atoms with Crippen LogP contribution in [-0.4, -0.2) is 35.7 Å². The summed E-state index contributed by atoms with van der Waals surface area (Å²) in [6.45, 7) is 7.28. The number of aryl methyl sites for hydroxylation is 1. The van der Waals surface area contributed by atoms with Crippen LogP contribution < -0.4 is 5.32 Å². The first-order valence-electron chi connectivity index (χ1n) is 6.39. The molecule has 1 aromatic rings. The Balaban J connectivity index is 2.45. The predicted octanol–water partition coefficient (Wildman–Crippen LogP) is 1.21. The van der Waals surface area contributed by atoms with Gasteiger partial charge in [-0.25, -0.2) is 8.42 Å². The van der Waals surface area contributed by atoms with E-state index in [0.717, 1.165) is 12.2 Å². The summed E-state index contributed by atoms with van der Waals surface area (Å²) in [5.41, 5.74) is 1.09. The van der Waals surface area contributed by atoms with E-state index in [1.54, 1.807) is 13.1 Å². The first-order chi connectivity index (χ1) is 8.44. The minimum absolute atomic E-state index is 0.216. The van der Waals surface area contributed by atoms with Gasteiger partial charge in [0.2, 0.25) is 0 Å². The maximum Gasteiger partial charge on any atom is 0.150 e. The van der Waals surface area contributed by atoms with Gasteiger partial charge < -0.3 is 5.32 Å². The molecule has 0 aliphatic heterocycles. The topological polar surface area (TPSA) is 64.0 Å². The lowest BCUT2D eigenvalue weighted by Gasteiger charge is -2.10. The summed E-state index contributed by atoms with van der Waals surface area (Å²) in [5.74, 6) is 0.453. The Hall–Kier alpha value is -0.880. The van der Waals surface area contributed by atoms with Crippen molar-refractivity contribution in [3.8, 4) is 0 Å². The molecule has 5 nitrogen and oxygen atoms in total. The van der Waals surface area contributed by atoms with Gasteiger partial charge in [-0.1, -0.05) is 20.8 Å². The highest BCUT2D eigenvalue weighted by Gasteiger charge is 2.08. The summed E-state index contributed by atoms with van der Waals surface area (Å²) < 4.78 is 24.6. The smallest absolute Gasteiger partial charge is 0.150 e. The maximum atomic E-state index is 11.4. The Kier molecular flexibility index (Phi) is 5.81. The van der Waals surface area contributed by atoms with Crippen LogP contribution in [0.3, 0.4) is 0 Å². The van der Waals surface area contributed by atoms with Crippen molar-refractivity contribution in [3.63, 3.8) is 0 Å². The quantitative estimate of drug-likeness (QED) is 0.773. The molecular formula is C12H23N3O2S. The highest BCUT2D eigenvalue weighted by atomic mass is 32.2. The highest BCUT2D eigenvalue weighted by Crippen LogP contribution is 2.02. The summed E-state index contributed by atoms with van der Waals surface area (Å²) in [6, 6.07) is 2.39. The Morgan fingerprint density at radius 2 is 2.17 bits per heavy atom. The third-order valence-corrected chi connectivity index (χ3v) is 4.55. The van der Waals surface area contributed by atoms with E-state index in [-0.39, 0.29) is 11.5 Å². The van der Waals surface area contributed by atoms with Gasteiger partial charge in [-0.2, -0.15) is 5.10 Å². The second-order valence-corrected chi connectivity index (χ2v) is 7.14. The molecule has 6 heteroatoms. The van der Waals surface area contributed by atoms with Crippen LogP contribution in [0.4, 0.5) is 0 Å². The maximum absolute atomic E-state index is 11.4. The third-order valence-electron chi connectivity index (χ3n) is 2.76. The molecule has 1 N–H and O–H groups in total. The molecule has 104 valence electrons. The molecule has 0 aliphatic carbocycles. The van der Waals surface area contributed by atoms with E-state index in [4.69, 9.17) is 0 Å². The molecule has 0 aliphatic rings. The molecule has 0 radical (unpaired) electrons. The highest BCUT2D eigenvalue weighted by molar-refractivity contribution is 7.91. The summed E-state index contributed by atoms with van der Waals surface area (Å²) in [6.07, 6.45) is 2.37. The second-order valence-electron chi connectivity index (χ2n) is 4.67. The standard InChI is InChI=1S/C12H23N3O2S/c1-4-18(16,17)9-5-8-15-12(6-7-14-15)10-13-11(2)3/h6-7,11,13H,4-5,8-10H2,1-3H3. The van der Waals surface area contributed by atoms with Gasteiger partial charge in [0.05, 0.1) is 11.4 Å². The van der Waals surface area contributed by atoms with Gasteiger partial charge in [-0.05, 0) is 12.5 Å². The molecule has 1 aromatic heterocycles. The van der Waals surface area contributed by atoms with Gasteiger partial charge in [0.1, 0.15) is 9.84 Å². The average Bonchev–Trinajstić information content (AvgIpc) is 2.74. The molecule has 1 rings (SSSR count). The van der Waals surface area contributed by atoms with E-state index in [1.165, 1.54) is 0 Å². The van der Waals surface area contributed by atoms with Crippen LogP contribution in [0.15, 0.2) is 12.3 Å². The molecule has 1 heterocycles. The lowest BCUT2D eigenvalue weighted by Crippen LogP contribution is -2.24. The summed E-state index contributed by atoms with van der Waals surface area (Å²) in [4.78, 5) is 0. The number of hydrogen-bond acceptors (Lipinski definition) is 4. The fourth-order valence-corrected chi connectivity index (χ4v) is 2.46. The number of hydrogen-bond donors (Lipinski definition) is 1. The number of rotatable bonds is 8. The van der Waals surface area contributed by atoms with Crippen molar-refractivity contribution in [1.82, 2.24) is 15.1 Å². The number of sulfone groups is 1. The van der Waals surface area contributed by atoms with Crippen LogP contribution in [0.25, 0.3) is 0 Å². The van der Waals surface area contributed by atoms with Crippen molar-refractivity contribution in [2.75, 3.05) is 11.5 Å². The molecular weight excluding hydrogens is 250 g/mol. The minimum Gasteiger partial charge on any atom is -0.309 e. The van der Waals surface area contributed by atoms with Gasteiger partial charge in [-0.3, -0.25) is 4.68 Å². The van der Waals surface area contributed by atoms with Gasteiger partial charge in [-0.15, -0.1) is 0 Å². The van der Waals surface area contributed by atoms with Crippen LogP contribution in [-0.2, 0) is 22.9 Å². The molecule has 0 bridgehead atoms. The fraction of sp³-hybridized carbons (Fsp3) is 0.750. The van der Waals surface area contributed by atoms with Crippen LogP contribution in [0.5, 0.6) is 0 Å². The number of nitrogens with zero attached hydrogens (tertiary/aromatic N) is 2. The number of nitrogens with one attached hydrogen (secondary N) is 1. The van der Waals surface area contributed by atoms with Crippen molar-refractivity contribution >= 4 is 9.84 Å². The van der Waals surface area contributed by atoms with Gasteiger partial charge in [0.15, 0.2) is 0 Å². The summed E-state index contributed by atoms with van der Waals surface area (Å²) in [5, 5.41) is 7.55. The van der Waals surface area contributed by atoms with Crippen molar-refractivity contribution < 1.29 is 8.42 Å². The third kappa shape index (κ3) is 5.18.